The number of pyridine rings is 1. The van der Waals surface area contributed by atoms with Crippen molar-refractivity contribution in [3.8, 4) is 11.5 Å². The zero-order valence-electron chi connectivity index (χ0n) is 25.7. The van der Waals surface area contributed by atoms with E-state index >= 15 is 0 Å². The number of nitrogens with zero attached hydrogens (tertiary/aromatic N) is 1. The Morgan fingerprint density at radius 3 is 2.06 bits per heavy atom. The molecule has 0 saturated heterocycles. The van der Waals surface area contributed by atoms with Crippen molar-refractivity contribution in [2.24, 2.45) is 0 Å². The molecule has 9 nitrogen and oxygen atoms in total. The fourth-order valence-electron chi connectivity index (χ4n) is 4.53. The predicted molar refractivity (Wildman–Crippen MR) is 184 cm³/mol. The number of nitrogens with one attached hydrogen (secondary N) is 3. The van der Waals surface area contributed by atoms with Crippen LogP contribution in [0.5, 0.6) is 11.5 Å². The van der Waals surface area contributed by atoms with E-state index in [0.717, 1.165) is 10.5 Å². The van der Waals surface area contributed by atoms with Crippen LogP contribution in [0.3, 0.4) is 0 Å². The molecule has 5 aromatic rings. The molecule has 0 aliphatic carbocycles. The first-order chi connectivity index (χ1) is 22.9. The fraction of sp³-hybridized carbons (Fsp3) is 0.0811. The number of aromatic nitrogens is 1. The number of benzene rings is 4. The van der Waals surface area contributed by atoms with Crippen LogP contribution in [0, 0.1) is 0 Å². The summed E-state index contributed by atoms with van der Waals surface area (Å²) in [7, 11) is 3.06. The molecule has 1 atom stereocenters. The molecule has 1 aromatic heterocycles. The summed E-state index contributed by atoms with van der Waals surface area (Å²) in [5, 5.41) is 8.03. The van der Waals surface area contributed by atoms with E-state index in [0.29, 0.717) is 34.0 Å². The molecule has 4 aromatic carbocycles. The first-order valence-electron chi connectivity index (χ1n) is 14.6. The maximum atomic E-state index is 13.6. The molecule has 1 heterocycles. The van der Waals surface area contributed by atoms with E-state index in [9.17, 15) is 14.4 Å². The molecule has 3 amide bonds. The van der Waals surface area contributed by atoms with E-state index in [1.54, 1.807) is 98.4 Å². The summed E-state index contributed by atoms with van der Waals surface area (Å²) < 4.78 is 10.8. The van der Waals surface area contributed by atoms with Gasteiger partial charge in [-0.3, -0.25) is 19.4 Å². The average Bonchev–Trinajstić information content (AvgIpc) is 3.12. The summed E-state index contributed by atoms with van der Waals surface area (Å²) in [4.78, 5) is 44.8. The summed E-state index contributed by atoms with van der Waals surface area (Å²) in [6, 6.07) is 33.9. The third-order valence-corrected chi connectivity index (χ3v) is 8.19. The van der Waals surface area contributed by atoms with E-state index in [2.05, 4.69) is 20.9 Å². The first-order valence-corrected chi connectivity index (χ1v) is 15.5. The predicted octanol–water partition coefficient (Wildman–Crippen LogP) is 6.98. The maximum absolute atomic E-state index is 13.6. The summed E-state index contributed by atoms with van der Waals surface area (Å²) in [5.74, 6) is -0.107. The lowest BCUT2D eigenvalue weighted by Gasteiger charge is -2.17. The second-order valence-corrected chi connectivity index (χ2v) is 11.3. The molecule has 1 unspecified atom stereocenters. The molecule has 236 valence electrons. The van der Waals surface area contributed by atoms with Crippen LogP contribution in [-0.2, 0) is 9.59 Å². The molecule has 47 heavy (non-hydrogen) atoms. The van der Waals surface area contributed by atoms with Gasteiger partial charge >= 0.3 is 0 Å². The summed E-state index contributed by atoms with van der Waals surface area (Å²) >= 11 is 1.39. The van der Waals surface area contributed by atoms with Crippen LogP contribution < -0.4 is 25.4 Å². The van der Waals surface area contributed by atoms with Crippen molar-refractivity contribution in [1.82, 2.24) is 10.3 Å². The standard InChI is InChI=1S/C37H32N4O5S/c1-45-30-16-13-27(33(24-30)46-2)23-32(41-35(42)26-11-7-4-8-12-26)36(43)39-28-14-17-31(18-15-28)47-34(25-9-5-3-6-10-25)37(44)40-29-19-21-38-22-20-29/h3-24,34H,1-2H3,(H,39,43)(H,41,42)(H,38,40,44)/b32-23-. The van der Waals surface area contributed by atoms with E-state index < -0.39 is 17.1 Å². The highest BCUT2D eigenvalue weighted by Gasteiger charge is 2.23. The number of carbonyl (C=O) groups excluding carboxylic acids is 3. The van der Waals surface area contributed by atoms with Crippen molar-refractivity contribution in [2.45, 2.75) is 10.1 Å². The topological polar surface area (TPSA) is 119 Å². The third-order valence-electron chi connectivity index (χ3n) is 6.92. The van der Waals surface area contributed by atoms with Crippen molar-refractivity contribution >= 4 is 46.9 Å². The molecule has 0 aliphatic rings. The SMILES string of the molecule is COc1ccc(/C=C(\NC(=O)c2ccccc2)C(=O)Nc2ccc(SC(C(=O)Nc3ccncc3)c3ccccc3)cc2)c(OC)c1. The number of rotatable bonds is 12. The van der Waals surface area contributed by atoms with Crippen LogP contribution in [0.2, 0.25) is 0 Å². The van der Waals surface area contributed by atoms with Crippen molar-refractivity contribution in [2.75, 3.05) is 24.9 Å². The molecule has 0 radical (unpaired) electrons. The number of hydrogen-bond donors (Lipinski definition) is 3. The Balaban J connectivity index is 1.36. The van der Waals surface area contributed by atoms with Gasteiger partial charge in [0, 0.05) is 45.9 Å². The largest absolute Gasteiger partial charge is 0.497 e. The van der Waals surface area contributed by atoms with Crippen molar-refractivity contribution in [3.63, 3.8) is 0 Å². The van der Waals surface area contributed by atoms with Crippen LogP contribution in [0.1, 0.15) is 26.7 Å². The van der Waals surface area contributed by atoms with Crippen LogP contribution in [0.4, 0.5) is 11.4 Å². The highest BCUT2D eigenvalue weighted by molar-refractivity contribution is 8.00. The van der Waals surface area contributed by atoms with Crippen LogP contribution in [0.15, 0.2) is 138 Å². The first kappa shape index (κ1) is 32.5. The lowest BCUT2D eigenvalue weighted by molar-refractivity contribution is -0.116. The van der Waals surface area contributed by atoms with Gasteiger partial charge in [-0.15, -0.1) is 11.8 Å². The van der Waals surface area contributed by atoms with E-state index in [4.69, 9.17) is 9.47 Å². The van der Waals surface area contributed by atoms with E-state index in [1.807, 2.05) is 42.5 Å². The monoisotopic (exact) mass is 644 g/mol. The third kappa shape index (κ3) is 8.86. The van der Waals surface area contributed by atoms with Gasteiger partial charge in [0.15, 0.2) is 0 Å². The van der Waals surface area contributed by atoms with Gasteiger partial charge in [0.1, 0.15) is 22.4 Å². The number of anilines is 2. The number of amides is 3. The fourth-order valence-corrected chi connectivity index (χ4v) is 5.56. The lowest BCUT2D eigenvalue weighted by Crippen LogP contribution is -2.30. The zero-order chi connectivity index (χ0) is 33.0. The van der Waals surface area contributed by atoms with Gasteiger partial charge in [0.2, 0.25) is 5.91 Å². The van der Waals surface area contributed by atoms with Crippen LogP contribution in [0.25, 0.3) is 6.08 Å². The molecule has 5 rings (SSSR count). The van der Waals surface area contributed by atoms with Gasteiger partial charge in [0.05, 0.1) is 14.2 Å². The molecular weight excluding hydrogens is 612 g/mol. The van der Waals surface area contributed by atoms with Crippen LogP contribution in [-0.4, -0.2) is 36.9 Å². The molecule has 3 N–H and O–H groups in total. The second-order valence-electron chi connectivity index (χ2n) is 10.1. The van der Waals surface area contributed by atoms with Crippen molar-refractivity contribution in [1.29, 1.82) is 0 Å². The Labute approximate surface area is 277 Å². The Morgan fingerprint density at radius 2 is 1.40 bits per heavy atom. The quantitative estimate of drug-likeness (QED) is 0.0991. The summed E-state index contributed by atoms with van der Waals surface area (Å²) in [6.45, 7) is 0. The van der Waals surface area contributed by atoms with Gasteiger partial charge in [-0.25, -0.2) is 0 Å². The van der Waals surface area contributed by atoms with Gasteiger partial charge in [-0.05, 0) is 72.3 Å². The van der Waals surface area contributed by atoms with Gasteiger partial charge in [-0.1, -0.05) is 48.5 Å². The number of ether oxygens (including phenoxy) is 2. The summed E-state index contributed by atoms with van der Waals surface area (Å²) in [5.41, 5.74) is 2.97. The highest BCUT2D eigenvalue weighted by Crippen LogP contribution is 2.37. The van der Waals surface area contributed by atoms with Gasteiger partial charge in [-0.2, -0.15) is 0 Å². The molecule has 0 saturated carbocycles. The molecule has 10 heteroatoms. The number of hydrogen-bond acceptors (Lipinski definition) is 7. The molecule has 0 aliphatic heterocycles. The minimum Gasteiger partial charge on any atom is -0.497 e. The smallest absolute Gasteiger partial charge is 0.272 e. The number of thioether (sulfide) groups is 1. The van der Waals surface area contributed by atoms with E-state index in [-0.39, 0.29) is 11.6 Å². The number of methoxy groups -OCH3 is 2. The van der Waals surface area contributed by atoms with Crippen molar-refractivity contribution in [3.05, 3.63) is 150 Å². The Hall–Kier alpha value is -5.87. The average molecular weight is 645 g/mol. The minimum atomic E-state index is -0.536. The Morgan fingerprint density at radius 1 is 0.745 bits per heavy atom. The van der Waals surface area contributed by atoms with Crippen LogP contribution >= 0.6 is 11.8 Å². The minimum absolute atomic E-state index is 0.0118. The Bertz CT molecular complexity index is 1850. The normalized spacial score (nSPS) is 11.6. The number of carbonyl (C=O) groups is 3. The van der Waals surface area contributed by atoms with Crippen molar-refractivity contribution < 1.29 is 23.9 Å². The van der Waals surface area contributed by atoms with E-state index in [1.165, 1.54) is 18.9 Å². The molecular formula is C37H32N4O5S. The molecule has 0 spiro atoms. The van der Waals surface area contributed by atoms with Gasteiger partial charge in [0.25, 0.3) is 11.8 Å². The second kappa shape index (κ2) is 15.9. The highest BCUT2D eigenvalue weighted by atomic mass is 32.2. The lowest BCUT2D eigenvalue weighted by atomic mass is 10.1. The Kier molecular flexibility index (Phi) is 11.0. The van der Waals surface area contributed by atoms with Gasteiger partial charge < -0.3 is 25.4 Å². The zero-order valence-corrected chi connectivity index (χ0v) is 26.5. The maximum Gasteiger partial charge on any atom is 0.272 e. The summed E-state index contributed by atoms with van der Waals surface area (Å²) in [6.07, 6.45) is 4.79. The molecule has 0 fully saturated rings. The molecule has 0 bridgehead atoms.